The highest BCUT2D eigenvalue weighted by Crippen LogP contribution is 2.35. The molecule has 0 saturated carbocycles. The fourth-order valence-electron chi connectivity index (χ4n) is 1.26. The molecule has 0 bridgehead atoms. The molecule has 15 heavy (non-hydrogen) atoms. The number of hydrogen-bond acceptors (Lipinski definition) is 3. The molecule has 0 aliphatic carbocycles. The van der Waals surface area contributed by atoms with E-state index in [9.17, 15) is 0 Å². The second kappa shape index (κ2) is 8.43. The molecular formula is C12H26O2S. The Morgan fingerprint density at radius 2 is 1.87 bits per heavy atom. The Balaban J connectivity index is 3.55. The summed E-state index contributed by atoms with van der Waals surface area (Å²) in [4.78, 5) is 0. The van der Waals surface area contributed by atoms with Gasteiger partial charge in [0.25, 0.3) is 0 Å². The second-order valence-electron chi connectivity index (χ2n) is 4.27. The summed E-state index contributed by atoms with van der Waals surface area (Å²) in [6, 6.07) is 0. The first-order valence-corrected chi connectivity index (χ1v) is 6.76. The van der Waals surface area contributed by atoms with Crippen molar-refractivity contribution < 1.29 is 9.47 Å². The minimum absolute atomic E-state index is 0.393. The van der Waals surface area contributed by atoms with Crippen molar-refractivity contribution in [2.45, 2.75) is 38.9 Å². The molecule has 0 rings (SSSR count). The van der Waals surface area contributed by atoms with Crippen LogP contribution in [0.4, 0.5) is 0 Å². The quantitative estimate of drug-likeness (QED) is 0.571. The lowest BCUT2D eigenvalue weighted by atomic mass is 9.94. The van der Waals surface area contributed by atoms with Gasteiger partial charge in [0.2, 0.25) is 0 Å². The number of thioether (sulfide) groups is 1. The molecule has 0 spiro atoms. The zero-order valence-electron chi connectivity index (χ0n) is 10.8. The summed E-state index contributed by atoms with van der Waals surface area (Å²) in [6.45, 7) is 11.4. The lowest BCUT2D eigenvalue weighted by Gasteiger charge is -2.32. The predicted octanol–water partition coefficient (Wildman–Crippen LogP) is 3.21. The molecule has 0 aliphatic heterocycles. The molecule has 0 amide bonds. The molecule has 0 fully saturated rings. The van der Waals surface area contributed by atoms with E-state index in [1.165, 1.54) is 6.42 Å². The molecular weight excluding hydrogens is 208 g/mol. The highest BCUT2D eigenvalue weighted by atomic mass is 32.2. The molecule has 0 aromatic carbocycles. The molecule has 1 unspecified atom stereocenters. The zero-order valence-corrected chi connectivity index (χ0v) is 11.7. The van der Waals surface area contributed by atoms with Crippen molar-refractivity contribution in [1.82, 2.24) is 0 Å². The Morgan fingerprint density at radius 1 is 1.20 bits per heavy atom. The van der Waals surface area contributed by atoms with E-state index in [1.807, 2.05) is 11.8 Å². The molecule has 0 radical (unpaired) electrons. The van der Waals surface area contributed by atoms with Gasteiger partial charge in [-0.15, -0.1) is 0 Å². The SMILES string of the molecule is CCC(C)(SCCOCCOC)C(C)C. The van der Waals surface area contributed by atoms with Gasteiger partial charge in [0, 0.05) is 17.6 Å². The van der Waals surface area contributed by atoms with E-state index >= 15 is 0 Å². The highest BCUT2D eigenvalue weighted by Gasteiger charge is 2.26. The molecule has 0 saturated heterocycles. The van der Waals surface area contributed by atoms with E-state index in [-0.39, 0.29) is 0 Å². The molecule has 92 valence electrons. The summed E-state index contributed by atoms with van der Waals surface area (Å²) in [5, 5.41) is 0. The Bertz CT molecular complexity index is 151. The molecule has 0 aliphatic rings. The standard InChI is InChI=1S/C12H26O2S/c1-6-12(4,11(2)3)15-10-9-14-8-7-13-5/h11H,6-10H2,1-5H3. The van der Waals surface area contributed by atoms with E-state index in [2.05, 4.69) is 27.7 Å². The molecule has 0 aromatic rings. The molecule has 2 nitrogen and oxygen atoms in total. The van der Waals surface area contributed by atoms with Gasteiger partial charge >= 0.3 is 0 Å². The third kappa shape index (κ3) is 6.44. The summed E-state index contributed by atoms with van der Waals surface area (Å²) >= 11 is 2.02. The van der Waals surface area contributed by atoms with Gasteiger partial charge in [-0.2, -0.15) is 11.8 Å². The Hall–Kier alpha value is 0.270. The average Bonchev–Trinajstić information content (AvgIpc) is 2.22. The molecule has 1 atom stereocenters. The van der Waals surface area contributed by atoms with Gasteiger partial charge in [-0.25, -0.2) is 0 Å². The summed E-state index contributed by atoms with van der Waals surface area (Å²) < 4.78 is 10.8. The van der Waals surface area contributed by atoms with Crippen molar-refractivity contribution in [2.75, 3.05) is 32.7 Å². The van der Waals surface area contributed by atoms with Crippen LogP contribution in [-0.4, -0.2) is 37.4 Å². The summed E-state index contributed by atoms with van der Waals surface area (Å²) in [6.07, 6.45) is 1.22. The van der Waals surface area contributed by atoms with Crippen LogP contribution >= 0.6 is 11.8 Å². The lowest BCUT2D eigenvalue weighted by Crippen LogP contribution is -2.27. The Kier molecular flexibility index (Phi) is 8.58. The van der Waals surface area contributed by atoms with Gasteiger partial charge in [-0.3, -0.25) is 0 Å². The zero-order chi connectivity index (χ0) is 11.7. The van der Waals surface area contributed by atoms with Gasteiger partial charge in [-0.05, 0) is 12.3 Å². The van der Waals surface area contributed by atoms with Crippen molar-refractivity contribution in [1.29, 1.82) is 0 Å². The Morgan fingerprint density at radius 3 is 2.33 bits per heavy atom. The maximum atomic E-state index is 5.45. The Labute approximate surface area is 99.1 Å². The number of methoxy groups -OCH3 is 1. The lowest BCUT2D eigenvalue weighted by molar-refractivity contribution is 0.0789. The van der Waals surface area contributed by atoms with Crippen LogP contribution in [0, 0.1) is 5.92 Å². The maximum absolute atomic E-state index is 5.45. The number of rotatable bonds is 9. The summed E-state index contributed by atoms with van der Waals surface area (Å²) in [7, 11) is 1.70. The predicted molar refractivity (Wildman–Crippen MR) is 68.7 cm³/mol. The van der Waals surface area contributed by atoms with E-state index in [0.29, 0.717) is 23.9 Å². The smallest absolute Gasteiger partial charge is 0.0700 e. The van der Waals surface area contributed by atoms with Crippen molar-refractivity contribution in [2.24, 2.45) is 5.92 Å². The first-order valence-electron chi connectivity index (χ1n) is 5.77. The van der Waals surface area contributed by atoms with Gasteiger partial charge in [0.1, 0.15) is 0 Å². The second-order valence-corrected chi connectivity index (χ2v) is 5.90. The van der Waals surface area contributed by atoms with Crippen LogP contribution in [0.5, 0.6) is 0 Å². The topological polar surface area (TPSA) is 18.5 Å². The number of hydrogen-bond donors (Lipinski definition) is 0. The molecule has 0 heterocycles. The van der Waals surface area contributed by atoms with E-state index in [0.717, 1.165) is 12.4 Å². The summed E-state index contributed by atoms with van der Waals surface area (Å²) in [5.74, 6) is 1.79. The fraction of sp³-hybridized carbons (Fsp3) is 1.00. The van der Waals surface area contributed by atoms with Gasteiger partial charge in [0.15, 0.2) is 0 Å². The van der Waals surface area contributed by atoms with Crippen LogP contribution in [0.15, 0.2) is 0 Å². The molecule has 0 N–H and O–H groups in total. The first kappa shape index (κ1) is 15.3. The van der Waals surface area contributed by atoms with Gasteiger partial charge in [-0.1, -0.05) is 27.7 Å². The van der Waals surface area contributed by atoms with Crippen LogP contribution in [0.3, 0.4) is 0 Å². The van der Waals surface area contributed by atoms with Gasteiger partial charge < -0.3 is 9.47 Å². The van der Waals surface area contributed by atoms with Crippen LogP contribution < -0.4 is 0 Å². The maximum Gasteiger partial charge on any atom is 0.0700 e. The fourth-order valence-corrected chi connectivity index (χ4v) is 2.46. The highest BCUT2D eigenvalue weighted by molar-refractivity contribution is 8.00. The number of ether oxygens (including phenoxy) is 2. The minimum atomic E-state index is 0.393. The van der Waals surface area contributed by atoms with Crippen LogP contribution in [0.25, 0.3) is 0 Å². The van der Waals surface area contributed by atoms with E-state index in [1.54, 1.807) is 7.11 Å². The van der Waals surface area contributed by atoms with E-state index < -0.39 is 0 Å². The van der Waals surface area contributed by atoms with Crippen molar-refractivity contribution in [3.8, 4) is 0 Å². The summed E-state index contributed by atoms with van der Waals surface area (Å²) in [5.41, 5.74) is 0. The van der Waals surface area contributed by atoms with E-state index in [4.69, 9.17) is 9.47 Å². The van der Waals surface area contributed by atoms with Crippen LogP contribution in [0.2, 0.25) is 0 Å². The minimum Gasteiger partial charge on any atom is -0.382 e. The monoisotopic (exact) mass is 234 g/mol. The van der Waals surface area contributed by atoms with Crippen molar-refractivity contribution in [3.05, 3.63) is 0 Å². The van der Waals surface area contributed by atoms with Crippen molar-refractivity contribution in [3.63, 3.8) is 0 Å². The normalized spacial score (nSPS) is 15.6. The third-order valence-corrected chi connectivity index (χ3v) is 4.80. The largest absolute Gasteiger partial charge is 0.382 e. The van der Waals surface area contributed by atoms with Crippen LogP contribution in [-0.2, 0) is 9.47 Å². The van der Waals surface area contributed by atoms with Gasteiger partial charge in [0.05, 0.1) is 19.8 Å². The molecule has 0 aromatic heterocycles. The molecule has 3 heteroatoms. The van der Waals surface area contributed by atoms with Crippen molar-refractivity contribution >= 4 is 11.8 Å². The third-order valence-electron chi connectivity index (χ3n) is 3.01. The first-order chi connectivity index (χ1) is 7.06. The van der Waals surface area contributed by atoms with Crippen LogP contribution in [0.1, 0.15) is 34.1 Å². The average molecular weight is 234 g/mol.